The number of hydrogen-bond donors (Lipinski definition) is 1. The van der Waals surface area contributed by atoms with Crippen LogP contribution in [0.5, 0.6) is 0 Å². The molecule has 1 spiro atoms. The number of thiazole rings is 1. The maximum absolute atomic E-state index is 13.2. The Labute approximate surface area is 167 Å². The molecule has 6 nitrogen and oxygen atoms in total. The molecule has 5 rings (SSSR count). The number of ether oxygens (including phenoxy) is 1. The summed E-state index contributed by atoms with van der Waals surface area (Å²) < 4.78 is 45.3. The van der Waals surface area contributed by atoms with Crippen molar-refractivity contribution in [2.75, 3.05) is 30.8 Å². The Morgan fingerprint density at radius 3 is 2.93 bits per heavy atom. The zero-order valence-corrected chi connectivity index (χ0v) is 17.1. The Hall–Kier alpha value is -1.55. The van der Waals surface area contributed by atoms with Crippen molar-refractivity contribution in [3.05, 3.63) is 35.5 Å². The van der Waals surface area contributed by atoms with Gasteiger partial charge < -0.3 is 9.64 Å². The van der Waals surface area contributed by atoms with Crippen LogP contribution in [0.25, 0.3) is 11.3 Å². The van der Waals surface area contributed by atoms with Gasteiger partial charge in [0.25, 0.3) is 0 Å². The summed E-state index contributed by atoms with van der Waals surface area (Å²) in [7, 11) is -3.21. The van der Waals surface area contributed by atoms with Gasteiger partial charge in [-0.05, 0) is 37.1 Å². The predicted molar refractivity (Wildman–Crippen MR) is 106 cm³/mol. The minimum absolute atomic E-state index is 0.146. The van der Waals surface area contributed by atoms with E-state index in [9.17, 15) is 12.8 Å². The molecule has 28 heavy (non-hydrogen) atoms. The lowest BCUT2D eigenvalue weighted by atomic mass is 9.74. The second kappa shape index (κ2) is 6.48. The molecule has 0 radical (unpaired) electrons. The topological polar surface area (TPSA) is 71.5 Å². The molecule has 3 saturated heterocycles. The van der Waals surface area contributed by atoms with Gasteiger partial charge in [-0.25, -0.2) is 22.5 Å². The van der Waals surface area contributed by atoms with Crippen LogP contribution in [0.15, 0.2) is 29.6 Å². The van der Waals surface area contributed by atoms with Crippen LogP contribution in [0.2, 0.25) is 0 Å². The molecule has 4 heterocycles. The fraction of sp³-hybridized carbons (Fsp3) is 0.526. The van der Waals surface area contributed by atoms with Crippen LogP contribution in [0, 0.1) is 17.7 Å². The van der Waals surface area contributed by atoms with Gasteiger partial charge in [-0.3, -0.25) is 0 Å². The van der Waals surface area contributed by atoms with Crippen LogP contribution in [0.1, 0.15) is 12.8 Å². The summed E-state index contributed by atoms with van der Waals surface area (Å²) >= 11 is 1.58. The SMILES string of the molecule is CS(=O)(=O)NC[C@H]1[C@H]2CN(c3nc(-c4ccc(F)cc4)cs3)C[C@]23CC[C@H]1O3. The number of rotatable bonds is 5. The average Bonchev–Trinajstić information content (AvgIpc) is 3.39. The third-order valence-corrected chi connectivity index (χ3v) is 7.86. The summed E-state index contributed by atoms with van der Waals surface area (Å²) in [6.07, 6.45) is 3.35. The van der Waals surface area contributed by atoms with Crippen molar-refractivity contribution in [2.45, 2.75) is 24.5 Å². The summed E-state index contributed by atoms with van der Waals surface area (Å²) in [6.45, 7) is 2.05. The van der Waals surface area contributed by atoms with Crippen LogP contribution < -0.4 is 9.62 Å². The van der Waals surface area contributed by atoms with E-state index in [1.807, 2.05) is 5.38 Å². The van der Waals surface area contributed by atoms with Crippen LogP contribution in [0.3, 0.4) is 0 Å². The molecular weight excluding hydrogens is 401 g/mol. The lowest BCUT2D eigenvalue weighted by Gasteiger charge is -2.29. The Morgan fingerprint density at radius 2 is 2.18 bits per heavy atom. The number of halogens is 1. The molecule has 2 aromatic rings. The molecule has 3 aliphatic heterocycles. The summed E-state index contributed by atoms with van der Waals surface area (Å²) in [6, 6.07) is 6.37. The zero-order valence-electron chi connectivity index (χ0n) is 15.5. The van der Waals surface area contributed by atoms with Crippen molar-refractivity contribution in [2.24, 2.45) is 11.8 Å². The molecule has 150 valence electrons. The first-order valence-electron chi connectivity index (χ1n) is 9.42. The Balaban J connectivity index is 1.35. The Kier molecular flexibility index (Phi) is 4.28. The van der Waals surface area contributed by atoms with E-state index in [0.717, 1.165) is 42.3 Å². The van der Waals surface area contributed by atoms with Gasteiger partial charge >= 0.3 is 0 Å². The normalized spacial score (nSPS) is 31.5. The van der Waals surface area contributed by atoms with Crippen LogP contribution in [-0.2, 0) is 14.8 Å². The number of fused-ring (bicyclic) bond motifs is 1. The van der Waals surface area contributed by atoms with Crippen molar-refractivity contribution in [3.63, 3.8) is 0 Å². The van der Waals surface area contributed by atoms with E-state index in [2.05, 4.69) is 9.62 Å². The molecule has 1 aromatic carbocycles. The molecule has 9 heteroatoms. The van der Waals surface area contributed by atoms with Gasteiger partial charge in [-0.15, -0.1) is 11.3 Å². The number of aromatic nitrogens is 1. The minimum atomic E-state index is -3.21. The molecule has 0 unspecified atom stereocenters. The number of nitrogens with one attached hydrogen (secondary N) is 1. The van der Waals surface area contributed by atoms with Gasteiger partial charge in [0.05, 0.1) is 23.7 Å². The first kappa shape index (κ1) is 18.5. The van der Waals surface area contributed by atoms with E-state index in [4.69, 9.17) is 9.72 Å². The highest BCUT2D eigenvalue weighted by molar-refractivity contribution is 7.88. The summed E-state index contributed by atoms with van der Waals surface area (Å²) in [4.78, 5) is 7.02. The van der Waals surface area contributed by atoms with Crippen LogP contribution in [-0.4, -0.2) is 51.0 Å². The molecule has 0 aliphatic carbocycles. The van der Waals surface area contributed by atoms with E-state index in [1.54, 1.807) is 23.5 Å². The molecule has 0 amide bonds. The Bertz CT molecular complexity index is 994. The first-order valence-corrected chi connectivity index (χ1v) is 12.2. The fourth-order valence-electron chi connectivity index (χ4n) is 5.02. The third-order valence-electron chi connectivity index (χ3n) is 6.27. The average molecular weight is 424 g/mol. The fourth-order valence-corrected chi connectivity index (χ4v) is 6.36. The molecule has 0 saturated carbocycles. The zero-order chi connectivity index (χ0) is 19.5. The highest BCUT2D eigenvalue weighted by Crippen LogP contribution is 2.55. The van der Waals surface area contributed by atoms with E-state index in [-0.39, 0.29) is 23.4 Å². The van der Waals surface area contributed by atoms with Gasteiger partial charge in [0.2, 0.25) is 10.0 Å². The lowest BCUT2D eigenvalue weighted by Crippen LogP contribution is -2.41. The number of benzene rings is 1. The van der Waals surface area contributed by atoms with Crippen LogP contribution in [0.4, 0.5) is 9.52 Å². The van der Waals surface area contributed by atoms with Gasteiger partial charge in [0, 0.05) is 42.4 Å². The highest BCUT2D eigenvalue weighted by Gasteiger charge is 2.63. The largest absolute Gasteiger partial charge is 0.369 e. The van der Waals surface area contributed by atoms with Gasteiger partial charge in [0.15, 0.2) is 5.13 Å². The maximum Gasteiger partial charge on any atom is 0.208 e. The Morgan fingerprint density at radius 1 is 1.39 bits per heavy atom. The number of sulfonamides is 1. The van der Waals surface area contributed by atoms with Crippen LogP contribution >= 0.6 is 11.3 Å². The monoisotopic (exact) mass is 423 g/mol. The van der Waals surface area contributed by atoms with E-state index in [1.165, 1.54) is 18.4 Å². The second-order valence-corrected chi connectivity index (χ2v) is 10.7. The predicted octanol–water partition coefficient (Wildman–Crippen LogP) is 2.48. The minimum Gasteiger partial charge on any atom is -0.369 e. The molecule has 2 bridgehead atoms. The summed E-state index contributed by atoms with van der Waals surface area (Å²) in [5, 5.41) is 2.93. The molecule has 3 fully saturated rings. The van der Waals surface area contributed by atoms with Crippen molar-refractivity contribution in [1.29, 1.82) is 0 Å². The molecule has 1 N–H and O–H groups in total. The lowest BCUT2D eigenvalue weighted by molar-refractivity contribution is 0.0142. The maximum atomic E-state index is 13.2. The molecule has 3 aliphatic rings. The number of nitrogens with zero attached hydrogens (tertiary/aromatic N) is 2. The summed E-state index contributed by atoms with van der Waals surface area (Å²) in [5.74, 6) is 0.246. The summed E-state index contributed by atoms with van der Waals surface area (Å²) in [5.41, 5.74) is 1.56. The van der Waals surface area contributed by atoms with Crippen molar-refractivity contribution in [1.82, 2.24) is 9.71 Å². The number of hydrogen-bond acceptors (Lipinski definition) is 6. The third kappa shape index (κ3) is 3.14. The molecule has 4 atom stereocenters. The van der Waals surface area contributed by atoms with Gasteiger partial charge in [-0.1, -0.05) is 0 Å². The van der Waals surface area contributed by atoms with Crippen molar-refractivity contribution in [3.8, 4) is 11.3 Å². The molecular formula is C19H22FN3O3S2. The van der Waals surface area contributed by atoms with Gasteiger partial charge in [0.1, 0.15) is 5.82 Å². The quantitative estimate of drug-likeness (QED) is 0.800. The van der Waals surface area contributed by atoms with Gasteiger partial charge in [-0.2, -0.15) is 0 Å². The van der Waals surface area contributed by atoms with E-state index < -0.39 is 10.0 Å². The first-order chi connectivity index (χ1) is 13.3. The standard InChI is InChI=1S/C19H22FN3O3S2/c1-28(24,25)21-8-14-15-9-23(11-19(15)7-6-17(14)26-19)18-22-16(10-27-18)12-2-4-13(20)5-3-12/h2-5,10,14-15,17,21H,6-9,11H2,1H3/t14-,15+,17+,19+/m0/s1. The second-order valence-electron chi connectivity index (χ2n) is 8.05. The highest BCUT2D eigenvalue weighted by atomic mass is 32.2. The van der Waals surface area contributed by atoms with E-state index >= 15 is 0 Å². The van der Waals surface area contributed by atoms with E-state index in [0.29, 0.717) is 12.5 Å². The van der Waals surface area contributed by atoms with Crippen molar-refractivity contribution >= 4 is 26.5 Å². The molecule has 1 aromatic heterocycles. The number of anilines is 1. The smallest absolute Gasteiger partial charge is 0.208 e. The van der Waals surface area contributed by atoms with Crippen molar-refractivity contribution < 1.29 is 17.5 Å².